The normalized spacial score (nSPS) is 17.8. The highest BCUT2D eigenvalue weighted by atomic mass is 16.2. The van der Waals surface area contributed by atoms with Gasteiger partial charge in [-0.05, 0) is 31.9 Å². The second-order valence-corrected chi connectivity index (χ2v) is 6.25. The number of H-pyrrole nitrogens is 1. The molecule has 3 heterocycles. The number of nitrogens with one attached hydrogen (secondary N) is 2. The molecule has 1 aliphatic rings. The minimum Gasteiger partial charge on any atom is -0.341 e. The second-order valence-electron chi connectivity index (χ2n) is 6.25. The Morgan fingerprint density at radius 1 is 1.40 bits per heavy atom. The van der Waals surface area contributed by atoms with Gasteiger partial charge in [-0.15, -0.1) is 0 Å². The molecule has 1 aliphatic heterocycles. The molecule has 0 bridgehead atoms. The van der Waals surface area contributed by atoms with Crippen LogP contribution >= 0.6 is 0 Å². The average molecular weight is 339 g/mol. The summed E-state index contributed by atoms with van der Waals surface area (Å²) in [7, 11) is 0. The fraction of sp³-hybridized carbons (Fsp3) is 0.412. The van der Waals surface area contributed by atoms with Crippen molar-refractivity contribution < 1.29 is 4.79 Å². The van der Waals surface area contributed by atoms with Crippen molar-refractivity contribution in [3.05, 3.63) is 30.6 Å². The van der Waals surface area contributed by atoms with Crippen LogP contribution in [0.25, 0.3) is 11.0 Å². The summed E-state index contributed by atoms with van der Waals surface area (Å²) >= 11 is 0. The van der Waals surface area contributed by atoms with Crippen LogP contribution in [-0.4, -0.2) is 43.7 Å². The highest BCUT2D eigenvalue weighted by Gasteiger charge is 2.28. The van der Waals surface area contributed by atoms with Crippen molar-refractivity contribution in [1.29, 1.82) is 0 Å². The quantitative estimate of drug-likeness (QED) is 0.759. The number of rotatable bonds is 4. The number of nitrogens with zero attached hydrogens (tertiary/aromatic N) is 5. The van der Waals surface area contributed by atoms with Crippen LogP contribution in [0, 0.1) is 5.92 Å². The standard InChI is InChI=1S/C17H21N7O/c1-2-24-14-8-4-3-7-13(14)20-17(24)23-9-5-6-12(10-23)15(25)21-16-18-11-19-22-16/h3-4,7-8,11-12H,2,5-6,9-10H2,1H3,(H2,18,19,21,22,25). The number of fused-ring (bicyclic) bond motifs is 1. The molecule has 1 atom stereocenters. The maximum Gasteiger partial charge on any atom is 0.231 e. The predicted octanol–water partition coefficient (Wildman–Crippen LogP) is 2.03. The summed E-state index contributed by atoms with van der Waals surface area (Å²) in [4.78, 5) is 23.5. The largest absolute Gasteiger partial charge is 0.341 e. The number of aromatic nitrogens is 5. The predicted molar refractivity (Wildman–Crippen MR) is 95.4 cm³/mol. The number of aryl methyl sites for hydroxylation is 1. The van der Waals surface area contributed by atoms with Gasteiger partial charge in [0, 0.05) is 19.6 Å². The van der Waals surface area contributed by atoms with Crippen LogP contribution in [0.2, 0.25) is 0 Å². The molecule has 0 radical (unpaired) electrons. The van der Waals surface area contributed by atoms with Crippen LogP contribution in [-0.2, 0) is 11.3 Å². The highest BCUT2D eigenvalue weighted by molar-refractivity contribution is 5.91. The molecule has 25 heavy (non-hydrogen) atoms. The Bertz CT molecular complexity index is 870. The molecule has 1 unspecified atom stereocenters. The molecule has 1 aromatic carbocycles. The molecule has 1 amide bonds. The van der Waals surface area contributed by atoms with E-state index >= 15 is 0 Å². The van der Waals surface area contributed by atoms with Gasteiger partial charge in [-0.2, -0.15) is 10.1 Å². The summed E-state index contributed by atoms with van der Waals surface area (Å²) in [6.45, 7) is 4.54. The molecule has 8 nitrogen and oxygen atoms in total. The van der Waals surface area contributed by atoms with Gasteiger partial charge in [0.15, 0.2) is 0 Å². The number of para-hydroxylation sites is 2. The van der Waals surface area contributed by atoms with Crippen LogP contribution in [0.1, 0.15) is 19.8 Å². The van der Waals surface area contributed by atoms with Gasteiger partial charge in [-0.25, -0.2) is 10.1 Å². The first-order chi connectivity index (χ1) is 12.3. The van der Waals surface area contributed by atoms with Crippen LogP contribution in [0.15, 0.2) is 30.6 Å². The van der Waals surface area contributed by atoms with Crippen LogP contribution in [0.3, 0.4) is 0 Å². The van der Waals surface area contributed by atoms with Crippen molar-refractivity contribution in [3.63, 3.8) is 0 Å². The summed E-state index contributed by atoms with van der Waals surface area (Å²) in [6.07, 6.45) is 3.20. The third-order valence-electron chi connectivity index (χ3n) is 4.68. The molecule has 1 saturated heterocycles. The number of hydrogen-bond donors (Lipinski definition) is 2. The lowest BCUT2D eigenvalue weighted by Gasteiger charge is -2.32. The first-order valence-electron chi connectivity index (χ1n) is 8.62. The fourth-order valence-corrected chi connectivity index (χ4v) is 3.47. The molecule has 130 valence electrons. The van der Waals surface area contributed by atoms with E-state index in [9.17, 15) is 4.79 Å². The lowest BCUT2D eigenvalue weighted by molar-refractivity contribution is -0.120. The zero-order chi connectivity index (χ0) is 17.2. The monoisotopic (exact) mass is 339 g/mol. The van der Waals surface area contributed by atoms with Crippen molar-refractivity contribution in [2.75, 3.05) is 23.3 Å². The van der Waals surface area contributed by atoms with Crippen molar-refractivity contribution in [2.45, 2.75) is 26.3 Å². The van der Waals surface area contributed by atoms with E-state index in [2.05, 4.69) is 43.0 Å². The van der Waals surface area contributed by atoms with Gasteiger partial charge in [0.2, 0.25) is 17.8 Å². The number of hydrogen-bond acceptors (Lipinski definition) is 5. The Labute approximate surface area is 145 Å². The minimum atomic E-state index is -0.0935. The number of aromatic amines is 1. The molecule has 2 aromatic heterocycles. The fourth-order valence-electron chi connectivity index (χ4n) is 3.47. The number of benzene rings is 1. The zero-order valence-electron chi connectivity index (χ0n) is 14.1. The molecule has 0 saturated carbocycles. The van der Waals surface area contributed by atoms with Crippen molar-refractivity contribution >= 4 is 28.8 Å². The van der Waals surface area contributed by atoms with Gasteiger partial charge in [-0.3, -0.25) is 10.1 Å². The van der Waals surface area contributed by atoms with E-state index in [1.165, 1.54) is 6.33 Å². The molecule has 4 rings (SSSR count). The van der Waals surface area contributed by atoms with E-state index in [0.717, 1.165) is 42.9 Å². The molecule has 0 aliphatic carbocycles. The average Bonchev–Trinajstić information content (AvgIpc) is 3.28. The Morgan fingerprint density at radius 2 is 2.28 bits per heavy atom. The molecule has 8 heteroatoms. The smallest absolute Gasteiger partial charge is 0.231 e. The molecule has 2 N–H and O–H groups in total. The number of anilines is 2. The summed E-state index contributed by atoms with van der Waals surface area (Å²) in [6, 6.07) is 8.16. The second kappa shape index (κ2) is 6.54. The lowest BCUT2D eigenvalue weighted by atomic mass is 9.97. The van der Waals surface area contributed by atoms with Crippen molar-refractivity contribution in [2.24, 2.45) is 5.92 Å². The molecular formula is C17H21N7O. The SMILES string of the molecule is CCn1c(N2CCCC(C(=O)Nc3ncn[nH]3)C2)nc2ccccc21. The number of carbonyl (C=O) groups excluding carboxylic acids is 1. The Kier molecular flexibility index (Phi) is 4.09. The Balaban J connectivity index is 1.56. The summed E-state index contributed by atoms with van der Waals surface area (Å²) in [5.74, 6) is 1.22. The van der Waals surface area contributed by atoms with Gasteiger partial charge < -0.3 is 9.47 Å². The van der Waals surface area contributed by atoms with Crippen molar-refractivity contribution in [3.8, 4) is 0 Å². The summed E-state index contributed by atoms with van der Waals surface area (Å²) in [5.41, 5.74) is 2.13. The Hall–Kier alpha value is -2.90. The number of imidazole rings is 1. The van der Waals surface area contributed by atoms with E-state index in [0.29, 0.717) is 12.5 Å². The van der Waals surface area contributed by atoms with E-state index in [1.54, 1.807) is 0 Å². The zero-order valence-corrected chi connectivity index (χ0v) is 14.1. The van der Waals surface area contributed by atoms with E-state index < -0.39 is 0 Å². The topological polar surface area (TPSA) is 91.7 Å². The number of carbonyl (C=O) groups is 1. The van der Waals surface area contributed by atoms with Gasteiger partial charge >= 0.3 is 0 Å². The van der Waals surface area contributed by atoms with Gasteiger partial charge in [0.1, 0.15) is 6.33 Å². The maximum absolute atomic E-state index is 12.5. The first-order valence-corrected chi connectivity index (χ1v) is 8.62. The lowest BCUT2D eigenvalue weighted by Crippen LogP contribution is -2.42. The van der Waals surface area contributed by atoms with E-state index in [-0.39, 0.29) is 11.8 Å². The molecule has 0 spiro atoms. The Morgan fingerprint density at radius 3 is 3.08 bits per heavy atom. The number of amides is 1. The van der Waals surface area contributed by atoms with Crippen LogP contribution < -0.4 is 10.2 Å². The minimum absolute atomic E-state index is 0.0272. The third-order valence-corrected chi connectivity index (χ3v) is 4.68. The molecular weight excluding hydrogens is 318 g/mol. The van der Waals surface area contributed by atoms with Crippen LogP contribution in [0.4, 0.5) is 11.9 Å². The maximum atomic E-state index is 12.5. The van der Waals surface area contributed by atoms with Gasteiger partial charge in [0.25, 0.3) is 0 Å². The van der Waals surface area contributed by atoms with Crippen LogP contribution in [0.5, 0.6) is 0 Å². The van der Waals surface area contributed by atoms with Crippen molar-refractivity contribution in [1.82, 2.24) is 24.7 Å². The summed E-state index contributed by atoms with van der Waals surface area (Å²) in [5, 5.41) is 9.22. The van der Waals surface area contributed by atoms with E-state index in [1.807, 2.05) is 18.2 Å². The molecule has 3 aromatic rings. The third kappa shape index (κ3) is 2.95. The molecule has 1 fully saturated rings. The first kappa shape index (κ1) is 15.6. The number of piperidine rings is 1. The summed E-state index contributed by atoms with van der Waals surface area (Å²) < 4.78 is 2.21. The van der Waals surface area contributed by atoms with Gasteiger partial charge in [0.05, 0.1) is 17.0 Å². The van der Waals surface area contributed by atoms with E-state index in [4.69, 9.17) is 4.98 Å². The van der Waals surface area contributed by atoms with Gasteiger partial charge in [-0.1, -0.05) is 12.1 Å². The highest BCUT2D eigenvalue weighted by Crippen LogP contribution is 2.27.